The highest BCUT2D eigenvalue weighted by molar-refractivity contribution is 5.76. The Bertz CT molecular complexity index is 540. The van der Waals surface area contributed by atoms with Gasteiger partial charge in [0.25, 0.3) is 0 Å². The highest BCUT2D eigenvalue weighted by atomic mass is 16.5. The second-order valence-corrected chi connectivity index (χ2v) is 7.64. The van der Waals surface area contributed by atoms with Gasteiger partial charge in [-0.3, -0.25) is 4.79 Å². The molecule has 1 amide bonds. The van der Waals surface area contributed by atoms with Crippen molar-refractivity contribution < 1.29 is 9.53 Å². The number of nitrogens with one attached hydrogen (secondary N) is 1. The molecule has 3 nitrogen and oxygen atoms in total. The van der Waals surface area contributed by atoms with E-state index < -0.39 is 0 Å². The summed E-state index contributed by atoms with van der Waals surface area (Å²) in [4.78, 5) is 12.2. The van der Waals surface area contributed by atoms with E-state index in [2.05, 4.69) is 26.1 Å². The molecule has 2 aliphatic rings. The molecule has 2 aliphatic carbocycles. The van der Waals surface area contributed by atoms with Gasteiger partial charge in [-0.15, -0.1) is 0 Å². The molecule has 0 spiro atoms. The fraction of sp³-hybridized carbons (Fsp3) is 0.632. The number of hydrogen-bond acceptors (Lipinski definition) is 2. The predicted octanol–water partition coefficient (Wildman–Crippen LogP) is 3.79. The molecule has 1 aromatic rings. The average Bonchev–Trinajstić information content (AvgIpc) is 2.82. The third-order valence-corrected chi connectivity index (χ3v) is 6.47. The van der Waals surface area contributed by atoms with Gasteiger partial charge in [-0.2, -0.15) is 0 Å². The first kappa shape index (κ1) is 15.4. The van der Waals surface area contributed by atoms with Crippen LogP contribution in [0.4, 0.5) is 0 Å². The van der Waals surface area contributed by atoms with E-state index >= 15 is 0 Å². The molecule has 120 valence electrons. The normalized spacial score (nSPS) is 32.0. The van der Waals surface area contributed by atoms with E-state index in [9.17, 15) is 4.79 Å². The molecule has 2 bridgehead atoms. The van der Waals surface area contributed by atoms with Crippen LogP contribution in [0.1, 0.15) is 46.5 Å². The Morgan fingerprint density at radius 3 is 2.59 bits per heavy atom. The molecule has 1 N–H and O–H groups in total. The van der Waals surface area contributed by atoms with Gasteiger partial charge in [0, 0.05) is 6.04 Å². The van der Waals surface area contributed by atoms with Crippen molar-refractivity contribution in [3.63, 3.8) is 0 Å². The lowest BCUT2D eigenvalue weighted by atomic mass is 9.69. The molecule has 22 heavy (non-hydrogen) atoms. The van der Waals surface area contributed by atoms with Gasteiger partial charge in [0.05, 0.1) is 13.0 Å². The monoisotopic (exact) mass is 301 g/mol. The largest absolute Gasteiger partial charge is 0.493 e. The summed E-state index contributed by atoms with van der Waals surface area (Å²) >= 11 is 0. The number of para-hydroxylation sites is 1. The zero-order valence-corrected chi connectivity index (χ0v) is 13.9. The van der Waals surface area contributed by atoms with Crippen LogP contribution in [0.5, 0.6) is 5.75 Å². The van der Waals surface area contributed by atoms with Crippen LogP contribution in [0.15, 0.2) is 30.3 Å². The second-order valence-electron chi connectivity index (χ2n) is 7.64. The minimum absolute atomic E-state index is 0.116. The van der Waals surface area contributed by atoms with Gasteiger partial charge in [-0.05, 0) is 48.1 Å². The number of hydrogen-bond donors (Lipinski definition) is 1. The third kappa shape index (κ3) is 2.51. The van der Waals surface area contributed by atoms with Crippen LogP contribution in [0.2, 0.25) is 0 Å². The smallest absolute Gasteiger partial charge is 0.223 e. The summed E-state index contributed by atoms with van der Waals surface area (Å²) in [5, 5.41) is 3.27. The lowest BCUT2D eigenvalue weighted by Crippen LogP contribution is -2.47. The molecule has 0 heterocycles. The Morgan fingerprint density at radius 2 is 2.00 bits per heavy atom. The third-order valence-electron chi connectivity index (χ3n) is 6.47. The van der Waals surface area contributed by atoms with Crippen molar-refractivity contribution in [2.24, 2.45) is 16.7 Å². The number of fused-ring (bicyclic) bond motifs is 2. The Kier molecular flexibility index (Phi) is 3.92. The van der Waals surface area contributed by atoms with Crippen molar-refractivity contribution >= 4 is 5.91 Å². The number of rotatable bonds is 5. The van der Waals surface area contributed by atoms with E-state index in [0.29, 0.717) is 24.5 Å². The first-order valence-corrected chi connectivity index (χ1v) is 8.41. The van der Waals surface area contributed by atoms with Crippen molar-refractivity contribution in [3.05, 3.63) is 30.3 Å². The summed E-state index contributed by atoms with van der Waals surface area (Å²) in [5.74, 6) is 1.69. The van der Waals surface area contributed by atoms with Gasteiger partial charge in [0.1, 0.15) is 5.75 Å². The molecule has 2 fully saturated rings. The van der Waals surface area contributed by atoms with Crippen LogP contribution < -0.4 is 10.1 Å². The van der Waals surface area contributed by atoms with Crippen molar-refractivity contribution in [1.82, 2.24) is 5.32 Å². The summed E-state index contributed by atoms with van der Waals surface area (Å²) in [5.41, 5.74) is 0.582. The zero-order valence-electron chi connectivity index (χ0n) is 13.9. The molecule has 0 radical (unpaired) electrons. The van der Waals surface area contributed by atoms with Gasteiger partial charge in [-0.25, -0.2) is 0 Å². The lowest BCUT2D eigenvalue weighted by Gasteiger charge is -2.39. The summed E-state index contributed by atoms with van der Waals surface area (Å²) in [6.07, 6.45) is 4.10. The zero-order chi connectivity index (χ0) is 15.8. The molecule has 2 saturated carbocycles. The van der Waals surface area contributed by atoms with E-state index in [-0.39, 0.29) is 11.3 Å². The number of carbonyl (C=O) groups excluding carboxylic acids is 1. The van der Waals surface area contributed by atoms with E-state index in [1.165, 1.54) is 12.8 Å². The first-order valence-electron chi connectivity index (χ1n) is 8.41. The molecule has 0 aromatic heterocycles. The molecular weight excluding hydrogens is 274 g/mol. The van der Waals surface area contributed by atoms with Crippen LogP contribution in [0.3, 0.4) is 0 Å². The molecule has 3 rings (SSSR count). The highest BCUT2D eigenvalue weighted by Crippen LogP contribution is 2.65. The summed E-state index contributed by atoms with van der Waals surface area (Å²) < 4.78 is 5.61. The topological polar surface area (TPSA) is 38.3 Å². The number of ether oxygens (including phenoxy) is 1. The average molecular weight is 301 g/mol. The molecule has 3 unspecified atom stereocenters. The minimum atomic E-state index is 0.116. The maximum Gasteiger partial charge on any atom is 0.223 e. The minimum Gasteiger partial charge on any atom is -0.493 e. The van der Waals surface area contributed by atoms with Crippen LogP contribution in [-0.4, -0.2) is 18.6 Å². The van der Waals surface area contributed by atoms with E-state index in [1.807, 2.05) is 30.3 Å². The van der Waals surface area contributed by atoms with Crippen LogP contribution in [0.25, 0.3) is 0 Å². The van der Waals surface area contributed by atoms with Crippen molar-refractivity contribution in [1.29, 1.82) is 0 Å². The van der Waals surface area contributed by atoms with Crippen LogP contribution >= 0.6 is 0 Å². The fourth-order valence-corrected chi connectivity index (χ4v) is 4.47. The molecular formula is C19H27NO2. The first-order chi connectivity index (χ1) is 10.4. The highest BCUT2D eigenvalue weighted by Gasteiger charge is 2.61. The van der Waals surface area contributed by atoms with Gasteiger partial charge < -0.3 is 10.1 Å². The van der Waals surface area contributed by atoms with Gasteiger partial charge in [0.2, 0.25) is 5.91 Å². The Hall–Kier alpha value is -1.51. The standard InChI is InChI=1S/C19H27NO2/c1-18(2)14-9-11-19(18,3)16(13-14)20-17(21)10-12-22-15-7-5-4-6-8-15/h4-8,14,16H,9-13H2,1-3H3,(H,20,21). The summed E-state index contributed by atoms with van der Waals surface area (Å²) in [7, 11) is 0. The maximum absolute atomic E-state index is 12.2. The summed E-state index contributed by atoms with van der Waals surface area (Å²) in [6, 6.07) is 9.98. The molecule has 0 saturated heterocycles. The number of carbonyl (C=O) groups is 1. The van der Waals surface area contributed by atoms with Crippen molar-refractivity contribution in [3.8, 4) is 5.75 Å². The van der Waals surface area contributed by atoms with E-state index in [1.54, 1.807) is 0 Å². The SMILES string of the molecule is CC1(C)C2CCC1(C)C(NC(=O)CCOc1ccccc1)C2. The van der Waals surface area contributed by atoms with Gasteiger partial charge in [-0.1, -0.05) is 39.0 Å². The Balaban J connectivity index is 1.49. The quantitative estimate of drug-likeness (QED) is 0.898. The molecule has 0 aliphatic heterocycles. The lowest BCUT2D eigenvalue weighted by molar-refractivity contribution is -0.123. The number of amides is 1. The van der Waals surface area contributed by atoms with Crippen molar-refractivity contribution in [2.75, 3.05) is 6.61 Å². The van der Waals surface area contributed by atoms with Crippen LogP contribution in [0, 0.1) is 16.7 Å². The maximum atomic E-state index is 12.2. The molecule has 1 aromatic carbocycles. The van der Waals surface area contributed by atoms with Crippen molar-refractivity contribution in [2.45, 2.75) is 52.5 Å². The summed E-state index contributed by atoms with van der Waals surface area (Å²) in [6.45, 7) is 7.53. The fourth-order valence-electron chi connectivity index (χ4n) is 4.47. The van der Waals surface area contributed by atoms with E-state index in [0.717, 1.165) is 18.1 Å². The molecule has 3 heteroatoms. The van der Waals surface area contributed by atoms with Crippen LogP contribution in [-0.2, 0) is 4.79 Å². The molecule has 3 atom stereocenters. The van der Waals surface area contributed by atoms with E-state index in [4.69, 9.17) is 4.74 Å². The van der Waals surface area contributed by atoms with Gasteiger partial charge in [0.15, 0.2) is 0 Å². The number of benzene rings is 1. The van der Waals surface area contributed by atoms with Gasteiger partial charge >= 0.3 is 0 Å². The predicted molar refractivity (Wildman–Crippen MR) is 87.7 cm³/mol. The Labute approximate surface area is 133 Å². The second kappa shape index (κ2) is 5.60. The Morgan fingerprint density at radius 1 is 1.27 bits per heavy atom.